The summed E-state index contributed by atoms with van der Waals surface area (Å²) in [5.74, 6) is 0.0897. The van der Waals surface area contributed by atoms with Crippen LogP contribution in [-0.2, 0) is 0 Å². The Morgan fingerprint density at radius 1 is 1.05 bits per heavy atom. The Morgan fingerprint density at radius 2 is 1.85 bits per heavy atom. The van der Waals surface area contributed by atoms with Gasteiger partial charge in [0.15, 0.2) is 5.76 Å². The molecule has 0 spiro atoms. The molecular formula is C16H10Cl2O2. The molecule has 0 unspecified atom stereocenters. The van der Waals surface area contributed by atoms with Gasteiger partial charge < -0.3 is 4.42 Å². The molecule has 20 heavy (non-hydrogen) atoms. The normalized spacial score (nSPS) is 10.9. The highest BCUT2D eigenvalue weighted by Gasteiger charge is 2.16. The SMILES string of the molecule is Cc1cccc2cc(C(=O)c3ccc(Cl)c(Cl)c3)oc12. The minimum atomic E-state index is -0.209. The van der Waals surface area contributed by atoms with Gasteiger partial charge in [-0.3, -0.25) is 4.79 Å². The number of carbonyl (C=O) groups excluding carboxylic acids is 1. The van der Waals surface area contributed by atoms with Gasteiger partial charge in [0, 0.05) is 10.9 Å². The van der Waals surface area contributed by atoms with Gasteiger partial charge in [-0.15, -0.1) is 0 Å². The van der Waals surface area contributed by atoms with Gasteiger partial charge >= 0.3 is 0 Å². The molecular weight excluding hydrogens is 295 g/mol. The summed E-state index contributed by atoms with van der Waals surface area (Å²) in [7, 11) is 0. The molecule has 0 saturated heterocycles. The van der Waals surface area contributed by atoms with Crippen LogP contribution in [0.2, 0.25) is 10.0 Å². The molecule has 0 aliphatic rings. The molecule has 0 aliphatic heterocycles. The second-order valence-electron chi connectivity index (χ2n) is 4.56. The number of hydrogen-bond acceptors (Lipinski definition) is 2. The van der Waals surface area contributed by atoms with E-state index in [2.05, 4.69) is 0 Å². The number of benzene rings is 2. The topological polar surface area (TPSA) is 30.2 Å². The first-order chi connectivity index (χ1) is 9.56. The number of aryl methyl sites for hydroxylation is 1. The van der Waals surface area contributed by atoms with Crippen LogP contribution < -0.4 is 0 Å². The zero-order valence-corrected chi connectivity index (χ0v) is 12.1. The number of halogens is 2. The zero-order valence-electron chi connectivity index (χ0n) is 10.6. The lowest BCUT2D eigenvalue weighted by atomic mass is 10.1. The second kappa shape index (κ2) is 4.97. The molecule has 100 valence electrons. The van der Waals surface area contributed by atoms with Crippen molar-refractivity contribution in [2.24, 2.45) is 0 Å². The predicted octanol–water partition coefficient (Wildman–Crippen LogP) is 5.28. The lowest BCUT2D eigenvalue weighted by Crippen LogP contribution is -1.99. The van der Waals surface area contributed by atoms with Crippen molar-refractivity contribution >= 4 is 40.0 Å². The van der Waals surface area contributed by atoms with Gasteiger partial charge in [0.05, 0.1) is 10.0 Å². The monoisotopic (exact) mass is 304 g/mol. The van der Waals surface area contributed by atoms with E-state index in [-0.39, 0.29) is 5.78 Å². The van der Waals surface area contributed by atoms with E-state index in [9.17, 15) is 4.79 Å². The van der Waals surface area contributed by atoms with E-state index in [1.165, 1.54) is 0 Å². The lowest BCUT2D eigenvalue weighted by molar-refractivity contribution is 0.101. The van der Waals surface area contributed by atoms with Crippen LogP contribution in [0.15, 0.2) is 46.9 Å². The summed E-state index contributed by atoms with van der Waals surface area (Å²) in [6.45, 7) is 1.94. The Kier molecular flexibility index (Phi) is 3.28. The van der Waals surface area contributed by atoms with Gasteiger partial charge in [-0.05, 0) is 36.8 Å². The van der Waals surface area contributed by atoms with E-state index in [4.69, 9.17) is 27.6 Å². The fraction of sp³-hybridized carbons (Fsp3) is 0.0625. The maximum Gasteiger partial charge on any atom is 0.228 e. The van der Waals surface area contributed by atoms with Crippen molar-refractivity contribution < 1.29 is 9.21 Å². The van der Waals surface area contributed by atoms with Crippen LogP contribution in [0.3, 0.4) is 0 Å². The van der Waals surface area contributed by atoms with Crippen molar-refractivity contribution in [1.29, 1.82) is 0 Å². The average molecular weight is 305 g/mol. The summed E-state index contributed by atoms with van der Waals surface area (Å²) in [6.07, 6.45) is 0. The molecule has 0 atom stereocenters. The minimum absolute atomic E-state index is 0.209. The molecule has 1 heterocycles. The molecule has 0 bridgehead atoms. The number of para-hydroxylation sites is 1. The van der Waals surface area contributed by atoms with Gasteiger partial charge in [0.2, 0.25) is 5.78 Å². The van der Waals surface area contributed by atoms with Crippen LogP contribution in [0, 0.1) is 6.92 Å². The Hall–Kier alpha value is -1.77. The van der Waals surface area contributed by atoms with Crippen LogP contribution in [0.25, 0.3) is 11.0 Å². The number of hydrogen-bond donors (Lipinski definition) is 0. The van der Waals surface area contributed by atoms with Crippen LogP contribution in [0.1, 0.15) is 21.7 Å². The highest BCUT2D eigenvalue weighted by atomic mass is 35.5. The summed E-state index contributed by atoms with van der Waals surface area (Å²) in [5.41, 5.74) is 2.18. The maximum absolute atomic E-state index is 12.4. The molecule has 4 heteroatoms. The van der Waals surface area contributed by atoms with Crippen molar-refractivity contribution in [3.8, 4) is 0 Å². The first kappa shape index (κ1) is 13.2. The predicted molar refractivity (Wildman–Crippen MR) is 80.8 cm³/mol. The Bertz CT molecular complexity index is 818. The first-order valence-electron chi connectivity index (χ1n) is 6.05. The first-order valence-corrected chi connectivity index (χ1v) is 6.81. The van der Waals surface area contributed by atoms with Gasteiger partial charge in [-0.25, -0.2) is 0 Å². The van der Waals surface area contributed by atoms with Crippen LogP contribution in [0.5, 0.6) is 0 Å². The number of carbonyl (C=O) groups is 1. The van der Waals surface area contributed by atoms with Crippen molar-refractivity contribution in [2.75, 3.05) is 0 Å². The van der Waals surface area contributed by atoms with E-state index in [0.29, 0.717) is 21.4 Å². The molecule has 0 amide bonds. The molecule has 3 aromatic rings. The maximum atomic E-state index is 12.4. The lowest BCUT2D eigenvalue weighted by Gasteiger charge is -2.00. The summed E-state index contributed by atoms with van der Waals surface area (Å²) in [6, 6.07) is 12.3. The van der Waals surface area contributed by atoms with E-state index in [1.54, 1.807) is 24.3 Å². The summed E-state index contributed by atoms with van der Waals surface area (Å²) < 4.78 is 5.66. The third-order valence-electron chi connectivity index (χ3n) is 3.15. The summed E-state index contributed by atoms with van der Waals surface area (Å²) in [5, 5.41) is 1.68. The smallest absolute Gasteiger partial charge is 0.228 e. The Morgan fingerprint density at radius 3 is 2.55 bits per heavy atom. The fourth-order valence-electron chi connectivity index (χ4n) is 2.10. The Balaban J connectivity index is 2.08. The molecule has 0 aliphatic carbocycles. The molecule has 1 aromatic heterocycles. The molecule has 2 aromatic carbocycles. The average Bonchev–Trinajstić information content (AvgIpc) is 2.86. The standard InChI is InChI=1S/C16H10Cl2O2/c1-9-3-2-4-11-8-14(20-16(9)11)15(19)10-5-6-12(17)13(18)7-10/h2-8H,1H3. The van der Waals surface area contributed by atoms with Crippen molar-refractivity contribution in [2.45, 2.75) is 6.92 Å². The summed E-state index contributed by atoms with van der Waals surface area (Å²) >= 11 is 11.8. The van der Waals surface area contributed by atoms with Crippen molar-refractivity contribution in [3.05, 3.63) is 69.4 Å². The molecule has 0 radical (unpaired) electrons. The van der Waals surface area contributed by atoms with Crippen LogP contribution in [-0.4, -0.2) is 5.78 Å². The zero-order chi connectivity index (χ0) is 14.3. The number of rotatable bonds is 2. The van der Waals surface area contributed by atoms with Gasteiger partial charge in [-0.2, -0.15) is 0 Å². The van der Waals surface area contributed by atoms with Crippen LogP contribution >= 0.6 is 23.2 Å². The fourth-order valence-corrected chi connectivity index (χ4v) is 2.40. The molecule has 0 saturated carbocycles. The third kappa shape index (κ3) is 2.21. The quantitative estimate of drug-likeness (QED) is 0.603. The van der Waals surface area contributed by atoms with Crippen molar-refractivity contribution in [3.63, 3.8) is 0 Å². The van der Waals surface area contributed by atoms with E-state index in [1.807, 2.05) is 25.1 Å². The molecule has 0 N–H and O–H groups in total. The molecule has 0 fully saturated rings. The molecule has 3 rings (SSSR count). The number of ketones is 1. The number of fused-ring (bicyclic) bond motifs is 1. The van der Waals surface area contributed by atoms with E-state index < -0.39 is 0 Å². The highest BCUT2D eigenvalue weighted by Crippen LogP contribution is 2.27. The third-order valence-corrected chi connectivity index (χ3v) is 3.89. The van der Waals surface area contributed by atoms with E-state index >= 15 is 0 Å². The second-order valence-corrected chi connectivity index (χ2v) is 5.38. The minimum Gasteiger partial charge on any atom is -0.452 e. The van der Waals surface area contributed by atoms with Gasteiger partial charge in [-0.1, -0.05) is 41.4 Å². The molecule has 2 nitrogen and oxygen atoms in total. The van der Waals surface area contributed by atoms with E-state index in [0.717, 1.165) is 16.5 Å². The van der Waals surface area contributed by atoms with Crippen molar-refractivity contribution in [1.82, 2.24) is 0 Å². The van der Waals surface area contributed by atoms with Gasteiger partial charge in [0.25, 0.3) is 0 Å². The van der Waals surface area contributed by atoms with Crippen LogP contribution in [0.4, 0.5) is 0 Å². The number of furan rings is 1. The Labute approximate surface area is 125 Å². The summed E-state index contributed by atoms with van der Waals surface area (Å²) in [4.78, 5) is 12.4. The highest BCUT2D eigenvalue weighted by molar-refractivity contribution is 6.42. The van der Waals surface area contributed by atoms with Gasteiger partial charge in [0.1, 0.15) is 5.58 Å². The largest absolute Gasteiger partial charge is 0.452 e.